The highest BCUT2D eigenvalue weighted by atomic mass is 31.0. The number of fused-ring (bicyclic) bond motifs is 1. The maximum atomic E-state index is 13.5. The summed E-state index contributed by atoms with van der Waals surface area (Å²) in [6.07, 6.45) is 1.62. The smallest absolute Gasteiger partial charge is 0.332 e. The molecule has 9 nitrogen and oxygen atoms in total. The highest BCUT2D eigenvalue weighted by Gasteiger charge is 2.26. The zero-order valence-electron chi connectivity index (χ0n) is 19.5. The van der Waals surface area contributed by atoms with Gasteiger partial charge in [0.1, 0.15) is 11.4 Å². The number of hydrogen-bond acceptors (Lipinski definition) is 6. The monoisotopic (exact) mass is 493 g/mol. The second-order valence-corrected chi connectivity index (χ2v) is 9.24. The number of primary amides is 1. The Morgan fingerprint density at radius 1 is 1.06 bits per heavy atom. The second-order valence-electron chi connectivity index (χ2n) is 8.58. The van der Waals surface area contributed by atoms with Gasteiger partial charge < -0.3 is 16.4 Å². The number of amides is 1. The Morgan fingerprint density at radius 2 is 1.77 bits per heavy atom. The summed E-state index contributed by atoms with van der Waals surface area (Å²) in [7, 11) is 2.59. The molecule has 3 aromatic rings. The molecule has 0 fully saturated rings. The maximum Gasteiger partial charge on any atom is 0.332 e. The lowest BCUT2D eigenvalue weighted by Gasteiger charge is -2.31. The van der Waals surface area contributed by atoms with E-state index in [1.807, 2.05) is 35.2 Å². The third-order valence-corrected chi connectivity index (χ3v) is 6.69. The lowest BCUT2D eigenvalue weighted by Crippen LogP contribution is -2.45. The summed E-state index contributed by atoms with van der Waals surface area (Å²) < 4.78 is 2.30. The summed E-state index contributed by atoms with van der Waals surface area (Å²) in [5.41, 5.74) is 13.2. The Balaban J connectivity index is 1.74. The van der Waals surface area contributed by atoms with Crippen LogP contribution in [0.4, 0.5) is 11.5 Å². The van der Waals surface area contributed by atoms with Crippen molar-refractivity contribution in [3.63, 3.8) is 0 Å². The van der Waals surface area contributed by atoms with Gasteiger partial charge in [-0.2, -0.15) is 0 Å². The van der Waals surface area contributed by atoms with Gasteiger partial charge in [0.25, 0.3) is 5.56 Å². The fraction of sp³-hybridized carbons (Fsp3) is 0.280. The van der Waals surface area contributed by atoms with Gasteiger partial charge in [-0.3, -0.25) is 23.5 Å². The van der Waals surface area contributed by atoms with Crippen LogP contribution < -0.4 is 32.9 Å². The van der Waals surface area contributed by atoms with E-state index in [0.29, 0.717) is 12.1 Å². The van der Waals surface area contributed by atoms with Crippen molar-refractivity contribution in [3.8, 4) is 0 Å². The van der Waals surface area contributed by atoms with Crippen molar-refractivity contribution in [3.05, 3.63) is 85.6 Å². The number of hydrogen-bond donors (Lipinski definition) is 2. The first-order valence-electron chi connectivity index (χ1n) is 11.4. The van der Waals surface area contributed by atoms with Gasteiger partial charge in [-0.25, -0.2) is 4.79 Å². The molecule has 1 atom stereocenters. The summed E-state index contributed by atoms with van der Waals surface area (Å²) in [4.78, 5) is 53.1. The number of rotatable bonds is 7. The van der Waals surface area contributed by atoms with Crippen molar-refractivity contribution in [2.75, 3.05) is 23.7 Å². The van der Waals surface area contributed by atoms with Crippen LogP contribution in [0.25, 0.3) is 0 Å². The first kappa shape index (κ1) is 24.4. The third kappa shape index (κ3) is 4.77. The van der Waals surface area contributed by atoms with Gasteiger partial charge in [0.05, 0.1) is 13.1 Å². The molecule has 4 rings (SSSR count). The number of anilines is 2. The summed E-state index contributed by atoms with van der Waals surface area (Å²) in [6.45, 7) is 2.37. The number of Topliss-reactive ketones (excluding diaryl/α,β-unsaturated/α-hetero) is 1. The number of nitrogens with zero attached hydrogens (tertiary/aromatic N) is 3. The van der Waals surface area contributed by atoms with Crippen LogP contribution in [0.15, 0.2) is 52.1 Å². The topological polar surface area (TPSA) is 133 Å². The molecule has 182 valence electrons. The zero-order chi connectivity index (χ0) is 25.3. The Labute approximate surface area is 204 Å². The van der Waals surface area contributed by atoms with Crippen LogP contribution in [0, 0.1) is 0 Å². The number of nitrogen functional groups attached to an aromatic ring is 1. The fourth-order valence-electron chi connectivity index (χ4n) is 4.43. The molecular weight excluding hydrogens is 465 g/mol. The van der Waals surface area contributed by atoms with E-state index in [1.54, 1.807) is 19.1 Å². The van der Waals surface area contributed by atoms with E-state index in [1.165, 1.54) is 4.57 Å². The summed E-state index contributed by atoms with van der Waals surface area (Å²) in [6, 6.07) is 12.7. The number of aromatic nitrogens is 2. The highest BCUT2D eigenvalue weighted by molar-refractivity contribution is 7.27. The molecule has 1 amide bonds. The van der Waals surface area contributed by atoms with E-state index in [0.717, 1.165) is 39.5 Å². The number of aryl methyl sites for hydroxylation is 1. The summed E-state index contributed by atoms with van der Waals surface area (Å²) in [5.74, 6) is -1.18. The van der Waals surface area contributed by atoms with Gasteiger partial charge >= 0.3 is 5.69 Å². The van der Waals surface area contributed by atoms with Crippen LogP contribution in [0.1, 0.15) is 45.2 Å². The lowest BCUT2D eigenvalue weighted by atomic mass is 9.98. The standard InChI is InChI=1S/C25H28N5O4P/c1-2-29-24(33)21(22(26)30(25(29)34)13-15-5-9-18(35)10-6-15)20(31)14-28-11-3-4-16-7-8-17(23(27)32)12-19(16)28/h5-10,12H,2-4,11,13-14,26,35H2,1H3,(H2,27,32). The van der Waals surface area contributed by atoms with E-state index in [9.17, 15) is 19.2 Å². The quantitative estimate of drug-likeness (QED) is 0.371. The Morgan fingerprint density at radius 3 is 2.43 bits per heavy atom. The predicted molar refractivity (Wildman–Crippen MR) is 140 cm³/mol. The number of nitrogens with two attached hydrogens (primary N) is 2. The fourth-order valence-corrected chi connectivity index (χ4v) is 4.63. The first-order valence-corrected chi connectivity index (χ1v) is 12.0. The van der Waals surface area contributed by atoms with Crippen molar-refractivity contribution in [2.24, 2.45) is 5.73 Å². The highest BCUT2D eigenvalue weighted by Crippen LogP contribution is 2.28. The second kappa shape index (κ2) is 9.88. The van der Waals surface area contributed by atoms with Crippen LogP contribution in [0.5, 0.6) is 0 Å². The molecule has 1 aliphatic heterocycles. The average Bonchev–Trinajstić information content (AvgIpc) is 2.83. The molecular formula is C25H28N5O4P. The number of ketones is 1. The number of carbonyl (C=O) groups is 2. The first-order chi connectivity index (χ1) is 16.7. The Bertz CT molecular complexity index is 1430. The number of carbonyl (C=O) groups excluding carboxylic acids is 2. The molecule has 1 unspecified atom stereocenters. The molecule has 10 heteroatoms. The predicted octanol–water partition coefficient (Wildman–Crippen LogP) is 0.895. The minimum absolute atomic E-state index is 0.108. The Hall–Kier alpha value is -3.71. The molecule has 2 heterocycles. The van der Waals surface area contributed by atoms with Gasteiger partial charge in [-0.05, 0) is 48.3 Å². The molecule has 0 radical (unpaired) electrons. The molecule has 0 aliphatic carbocycles. The molecule has 1 aliphatic rings. The van der Waals surface area contributed by atoms with Gasteiger partial charge in [0.15, 0.2) is 5.78 Å². The molecule has 0 saturated heterocycles. The average molecular weight is 494 g/mol. The van der Waals surface area contributed by atoms with Gasteiger partial charge in [0.2, 0.25) is 5.91 Å². The van der Waals surface area contributed by atoms with Crippen LogP contribution >= 0.6 is 9.24 Å². The molecule has 4 N–H and O–H groups in total. The lowest BCUT2D eigenvalue weighted by molar-refractivity contribution is 0.0991. The zero-order valence-corrected chi connectivity index (χ0v) is 20.6. The van der Waals surface area contributed by atoms with Crippen molar-refractivity contribution < 1.29 is 9.59 Å². The van der Waals surface area contributed by atoms with Crippen molar-refractivity contribution in [1.29, 1.82) is 0 Å². The van der Waals surface area contributed by atoms with Crippen molar-refractivity contribution in [1.82, 2.24) is 9.13 Å². The van der Waals surface area contributed by atoms with E-state index < -0.39 is 22.9 Å². The van der Waals surface area contributed by atoms with Crippen LogP contribution in [-0.2, 0) is 19.5 Å². The van der Waals surface area contributed by atoms with Crippen LogP contribution in [0.3, 0.4) is 0 Å². The van der Waals surface area contributed by atoms with Gasteiger partial charge in [0, 0.05) is 24.3 Å². The van der Waals surface area contributed by atoms with Crippen molar-refractivity contribution in [2.45, 2.75) is 32.9 Å². The SMILES string of the molecule is CCn1c(=O)c(C(=O)CN2CCCc3ccc(C(N)=O)cc32)c(N)n(Cc2ccc(P)cc2)c1=O. The molecule has 2 aromatic carbocycles. The molecule has 35 heavy (non-hydrogen) atoms. The minimum Gasteiger partial charge on any atom is -0.384 e. The molecule has 0 spiro atoms. The summed E-state index contributed by atoms with van der Waals surface area (Å²) >= 11 is 0. The van der Waals surface area contributed by atoms with E-state index in [4.69, 9.17) is 11.5 Å². The van der Waals surface area contributed by atoms with Crippen molar-refractivity contribution >= 4 is 37.7 Å². The van der Waals surface area contributed by atoms with E-state index >= 15 is 0 Å². The van der Waals surface area contributed by atoms with E-state index in [2.05, 4.69) is 9.24 Å². The maximum absolute atomic E-state index is 13.5. The Kier molecular flexibility index (Phi) is 6.89. The normalized spacial score (nSPS) is 12.9. The van der Waals surface area contributed by atoms with Crippen LogP contribution in [-0.4, -0.2) is 33.9 Å². The summed E-state index contributed by atoms with van der Waals surface area (Å²) in [5, 5.41) is 0.991. The van der Waals surface area contributed by atoms with E-state index in [-0.39, 0.29) is 31.0 Å². The number of benzene rings is 2. The minimum atomic E-state index is -0.695. The third-order valence-electron chi connectivity index (χ3n) is 6.30. The van der Waals surface area contributed by atoms with Gasteiger partial charge in [-0.15, -0.1) is 9.24 Å². The molecule has 0 saturated carbocycles. The largest absolute Gasteiger partial charge is 0.384 e. The van der Waals surface area contributed by atoms with Gasteiger partial charge in [-0.1, -0.05) is 30.3 Å². The molecule has 0 bridgehead atoms. The van der Waals surface area contributed by atoms with Crippen LogP contribution in [0.2, 0.25) is 0 Å². The molecule has 1 aromatic heterocycles.